The van der Waals surface area contributed by atoms with Crippen molar-refractivity contribution < 1.29 is 4.79 Å². The van der Waals surface area contributed by atoms with E-state index >= 15 is 0 Å². The SMILES string of the molecule is N#CC1CCCN1C(=O)c1ccc(Br)cc1Cl. The number of carbonyl (C=O) groups is 1. The lowest BCUT2D eigenvalue weighted by Crippen LogP contribution is -2.34. The fourth-order valence-corrected chi connectivity index (χ4v) is 2.72. The second kappa shape index (κ2) is 5.07. The van der Waals surface area contributed by atoms with E-state index < -0.39 is 0 Å². The maximum atomic E-state index is 12.2. The van der Waals surface area contributed by atoms with E-state index in [0.717, 1.165) is 17.3 Å². The molecule has 5 heteroatoms. The maximum Gasteiger partial charge on any atom is 0.256 e. The number of hydrogen-bond acceptors (Lipinski definition) is 2. The molecule has 17 heavy (non-hydrogen) atoms. The summed E-state index contributed by atoms with van der Waals surface area (Å²) >= 11 is 9.33. The van der Waals surface area contributed by atoms with E-state index in [1.807, 2.05) is 0 Å². The van der Waals surface area contributed by atoms with Crippen molar-refractivity contribution in [2.24, 2.45) is 0 Å². The summed E-state index contributed by atoms with van der Waals surface area (Å²) in [6.07, 6.45) is 1.62. The summed E-state index contributed by atoms with van der Waals surface area (Å²) in [5.41, 5.74) is 0.456. The number of amides is 1. The quantitative estimate of drug-likeness (QED) is 0.799. The van der Waals surface area contributed by atoms with Gasteiger partial charge in [-0.2, -0.15) is 5.26 Å². The van der Waals surface area contributed by atoms with Crippen molar-refractivity contribution in [2.75, 3.05) is 6.54 Å². The molecule has 1 unspecified atom stereocenters. The van der Waals surface area contributed by atoms with Gasteiger partial charge in [-0.25, -0.2) is 0 Å². The molecule has 1 aliphatic heterocycles. The first-order valence-corrected chi connectivity index (χ1v) is 6.46. The van der Waals surface area contributed by atoms with Crippen LogP contribution in [0.4, 0.5) is 0 Å². The maximum absolute atomic E-state index is 12.2. The van der Waals surface area contributed by atoms with Gasteiger partial charge >= 0.3 is 0 Å². The van der Waals surface area contributed by atoms with E-state index in [4.69, 9.17) is 16.9 Å². The Kier molecular flexibility index (Phi) is 3.70. The highest BCUT2D eigenvalue weighted by molar-refractivity contribution is 9.10. The third-order valence-electron chi connectivity index (χ3n) is 2.82. The summed E-state index contributed by atoms with van der Waals surface area (Å²) in [7, 11) is 0. The van der Waals surface area contributed by atoms with Gasteiger partial charge in [0.15, 0.2) is 0 Å². The third kappa shape index (κ3) is 2.46. The van der Waals surface area contributed by atoms with Crippen LogP contribution in [0.15, 0.2) is 22.7 Å². The highest BCUT2D eigenvalue weighted by Gasteiger charge is 2.30. The molecule has 1 aromatic rings. The number of likely N-dealkylation sites (tertiary alicyclic amines) is 1. The number of benzene rings is 1. The second-order valence-corrected chi connectivity index (χ2v) is 5.23. The van der Waals surface area contributed by atoms with E-state index in [9.17, 15) is 4.79 Å². The van der Waals surface area contributed by atoms with Gasteiger partial charge in [-0.05, 0) is 31.0 Å². The van der Waals surface area contributed by atoms with Gasteiger partial charge in [-0.3, -0.25) is 4.79 Å². The second-order valence-electron chi connectivity index (χ2n) is 3.91. The monoisotopic (exact) mass is 312 g/mol. The van der Waals surface area contributed by atoms with Crippen molar-refractivity contribution in [1.29, 1.82) is 5.26 Å². The molecule has 0 aromatic heterocycles. The van der Waals surface area contributed by atoms with Crippen molar-refractivity contribution in [2.45, 2.75) is 18.9 Å². The molecule has 0 aliphatic carbocycles. The van der Waals surface area contributed by atoms with Crippen LogP contribution in [0.2, 0.25) is 5.02 Å². The summed E-state index contributed by atoms with van der Waals surface area (Å²) in [6, 6.07) is 6.97. The fourth-order valence-electron chi connectivity index (χ4n) is 1.96. The molecular formula is C12H10BrClN2O. The Morgan fingerprint density at radius 1 is 1.59 bits per heavy atom. The van der Waals surface area contributed by atoms with Crippen LogP contribution in [0.1, 0.15) is 23.2 Å². The molecule has 3 nitrogen and oxygen atoms in total. The standard InChI is InChI=1S/C12H10BrClN2O/c13-8-3-4-10(11(14)6-8)12(17)16-5-1-2-9(16)7-15/h3-4,6,9H,1-2,5H2. The van der Waals surface area contributed by atoms with Crippen LogP contribution in [0.25, 0.3) is 0 Å². The summed E-state index contributed by atoms with van der Waals surface area (Å²) in [5.74, 6) is -0.161. The van der Waals surface area contributed by atoms with Gasteiger partial charge in [0.2, 0.25) is 0 Å². The van der Waals surface area contributed by atoms with Gasteiger partial charge in [0.05, 0.1) is 16.7 Å². The average molecular weight is 314 g/mol. The number of nitrogens with zero attached hydrogens (tertiary/aromatic N) is 2. The van der Waals surface area contributed by atoms with Crippen LogP contribution in [-0.4, -0.2) is 23.4 Å². The van der Waals surface area contributed by atoms with Crippen LogP contribution in [0.5, 0.6) is 0 Å². The predicted octanol–water partition coefficient (Wildman–Crippen LogP) is 3.23. The van der Waals surface area contributed by atoms with Gasteiger partial charge in [0.1, 0.15) is 6.04 Å². The normalized spacial score (nSPS) is 19.1. The molecule has 1 saturated heterocycles. The first kappa shape index (κ1) is 12.4. The number of rotatable bonds is 1. The van der Waals surface area contributed by atoms with Crippen molar-refractivity contribution in [3.8, 4) is 6.07 Å². The molecule has 0 saturated carbocycles. The number of hydrogen-bond donors (Lipinski definition) is 0. The molecule has 0 N–H and O–H groups in total. The van der Waals surface area contributed by atoms with E-state index in [2.05, 4.69) is 22.0 Å². The molecule has 0 spiro atoms. The van der Waals surface area contributed by atoms with Gasteiger partial charge < -0.3 is 4.90 Å². The topological polar surface area (TPSA) is 44.1 Å². The molecule has 88 valence electrons. The minimum atomic E-state index is -0.317. The Hall–Kier alpha value is -1.05. The molecule has 1 aromatic carbocycles. The van der Waals surface area contributed by atoms with Gasteiger partial charge in [-0.1, -0.05) is 27.5 Å². The molecule has 1 fully saturated rings. The first-order valence-electron chi connectivity index (χ1n) is 5.29. The Morgan fingerprint density at radius 3 is 3.00 bits per heavy atom. The Bertz CT molecular complexity index is 498. The molecule has 2 rings (SSSR count). The number of nitriles is 1. The number of halogens is 2. The Balaban J connectivity index is 2.28. The van der Waals surface area contributed by atoms with Gasteiger partial charge in [0, 0.05) is 11.0 Å². The van der Waals surface area contributed by atoms with Crippen molar-refractivity contribution in [3.05, 3.63) is 33.3 Å². The van der Waals surface area contributed by atoms with Crippen molar-refractivity contribution in [1.82, 2.24) is 4.90 Å². The fraction of sp³-hybridized carbons (Fsp3) is 0.333. The largest absolute Gasteiger partial charge is 0.323 e. The lowest BCUT2D eigenvalue weighted by molar-refractivity contribution is 0.0765. The Labute approximate surface area is 113 Å². The number of carbonyl (C=O) groups excluding carboxylic acids is 1. The molecule has 1 aliphatic rings. The minimum absolute atomic E-state index is 0.161. The molecule has 0 bridgehead atoms. The first-order chi connectivity index (χ1) is 8.13. The predicted molar refractivity (Wildman–Crippen MR) is 68.8 cm³/mol. The van der Waals surface area contributed by atoms with Crippen LogP contribution in [0.3, 0.4) is 0 Å². The smallest absolute Gasteiger partial charge is 0.256 e. The summed E-state index contributed by atoms with van der Waals surface area (Å²) in [5, 5.41) is 9.37. The zero-order valence-electron chi connectivity index (χ0n) is 8.99. The van der Waals surface area contributed by atoms with E-state index in [-0.39, 0.29) is 11.9 Å². The molecule has 1 atom stereocenters. The summed E-state index contributed by atoms with van der Waals surface area (Å²) in [4.78, 5) is 13.8. The van der Waals surface area contributed by atoms with Crippen LogP contribution in [-0.2, 0) is 0 Å². The zero-order chi connectivity index (χ0) is 12.4. The third-order valence-corrected chi connectivity index (χ3v) is 3.63. The molecule has 0 radical (unpaired) electrons. The summed E-state index contributed by atoms with van der Waals surface area (Å²) < 4.78 is 0.831. The minimum Gasteiger partial charge on any atom is -0.323 e. The summed E-state index contributed by atoms with van der Waals surface area (Å²) in [6.45, 7) is 0.628. The molecule has 1 heterocycles. The van der Waals surface area contributed by atoms with E-state index in [1.54, 1.807) is 23.1 Å². The van der Waals surface area contributed by atoms with Crippen LogP contribution < -0.4 is 0 Å². The highest BCUT2D eigenvalue weighted by Crippen LogP contribution is 2.25. The van der Waals surface area contributed by atoms with Gasteiger partial charge in [0.25, 0.3) is 5.91 Å². The molecular weight excluding hydrogens is 304 g/mol. The van der Waals surface area contributed by atoms with Gasteiger partial charge in [-0.15, -0.1) is 0 Å². The van der Waals surface area contributed by atoms with Crippen molar-refractivity contribution in [3.63, 3.8) is 0 Å². The van der Waals surface area contributed by atoms with E-state index in [0.29, 0.717) is 17.1 Å². The lowest BCUT2D eigenvalue weighted by atomic mass is 10.2. The zero-order valence-corrected chi connectivity index (χ0v) is 11.3. The van der Waals surface area contributed by atoms with E-state index in [1.165, 1.54) is 0 Å². The highest BCUT2D eigenvalue weighted by atomic mass is 79.9. The Morgan fingerprint density at radius 2 is 2.35 bits per heavy atom. The van der Waals surface area contributed by atoms with Crippen molar-refractivity contribution >= 4 is 33.4 Å². The average Bonchev–Trinajstić information content (AvgIpc) is 2.76. The van der Waals surface area contributed by atoms with Crippen LogP contribution >= 0.6 is 27.5 Å². The molecule has 1 amide bonds. The lowest BCUT2D eigenvalue weighted by Gasteiger charge is -2.20. The van der Waals surface area contributed by atoms with Crippen LogP contribution in [0, 0.1) is 11.3 Å².